The van der Waals surface area contributed by atoms with E-state index in [1.165, 1.54) is 13.1 Å². The number of aromatic nitrogens is 5. The Balaban J connectivity index is 1.65. The summed E-state index contributed by atoms with van der Waals surface area (Å²) in [5.41, 5.74) is -1.20. The lowest BCUT2D eigenvalue weighted by Crippen LogP contribution is -2.42. The molecular formula is C16H15F3N6O4S2. The molecular weight excluding hydrogens is 461 g/mol. The topological polar surface area (TPSA) is 120 Å². The number of ketones is 1. The summed E-state index contributed by atoms with van der Waals surface area (Å²) in [6, 6.07) is 0.778. The number of halogens is 3. The Bertz CT molecular complexity index is 1240. The number of carbonyl (C=O) groups is 1. The number of fused-ring (bicyclic) bond motifs is 1. The van der Waals surface area contributed by atoms with Gasteiger partial charge >= 0.3 is 6.18 Å². The van der Waals surface area contributed by atoms with Gasteiger partial charge in [0.2, 0.25) is 0 Å². The van der Waals surface area contributed by atoms with E-state index >= 15 is 0 Å². The van der Waals surface area contributed by atoms with Crippen LogP contribution >= 0.6 is 11.3 Å². The van der Waals surface area contributed by atoms with Crippen LogP contribution in [0.15, 0.2) is 22.8 Å². The normalized spacial score (nSPS) is 18.5. The summed E-state index contributed by atoms with van der Waals surface area (Å²) in [6.45, 7) is 1.11. The van der Waals surface area contributed by atoms with E-state index < -0.39 is 28.0 Å². The van der Waals surface area contributed by atoms with Gasteiger partial charge in [0.25, 0.3) is 15.8 Å². The van der Waals surface area contributed by atoms with Crippen molar-refractivity contribution in [2.45, 2.75) is 29.8 Å². The molecule has 0 amide bonds. The second-order valence-corrected chi connectivity index (χ2v) is 9.99. The van der Waals surface area contributed by atoms with Gasteiger partial charge in [-0.2, -0.15) is 32.1 Å². The maximum absolute atomic E-state index is 13.3. The summed E-state index contributed by atoms with van der Waals surface area (Å²) >= 11 is 0.880. The minimum absolute atomic E-state index is 0.0104. The average Bonchev–Trinajstić information content (AvgIpc) is 3.35. The fourth-order valence-electron chi connectivity index (χ4n) is 3.07. The van der Waals surface area contributed by atoms with Gasteiger partial charge in [-0.1, -0.05) is 0 Å². The van der Waals surface area contributed by atoms with Crippen molar-refractivity contribution in [3.63, 3.8) is 0 Å². The minimum atomic E-state index is -4.72. The number of sulfonamides is 1. The third kappa shape index (κ3) is 4.30. The number of hydrogen-bond acceptors (Lipinski definition) is 9. The molecule has 10 nitrogen and oxygen atoms in total. The fraction of sp³-hybridized carbons (Fsp3) is 0.438. The van der Waals surface area contributed by atoms with Crippen LogP contribution < -0.4 is 0 Å². The van der Waals surface area contributed by atoms with Crippen LogP contribution in [-0.4, -0.2) is 62.8 Å². The minimum Gasteiger partial charge on any atom is -0.369 e. The van der Waals surface area contributed by atoms with E-state index in [4.69, 9.17) is 4.74 Å². The molecule has 0 radical (unpaired) electrons. The van der Waals surface area contributed by atoms with Gasteiger partial charge in [0, 0.05) is 13.1 Å². The van der Waals surface area contributed by atoms with E-state index in [-0.39, 0.29) is 47.6 Å². The van der Waals surface area contributed by atoms with Crippen LogP contribution in [-0.2, 0) is 32.2 Å². The summed E-state index contributed by atoms with van der Waals surface area (Å²) in [5, 5.41) is 4.25. The molecule has 15 heteroatoms. The van der Waals surface area contributed by atoms with Crippen LogP contribution in [0.3, 0.4) is 0 Å². The summed E-state index contributed by atoms with van der Waals surface area (Å²) in [6.07, 6.45) is -3.50. The van der Waals surface area contributed by atoms with E-state index in [1.807, 2.05) is 0 Å². The molecule has 0 bridgehead atoms. The standard InChI is InChI=1S/C16H15F3N6O4S2/c1-9(26)4-13-20-6-14(30-13)31(27,28)24-2-3-29-11(7-24)10-5-12(16(17,18)19)23-15-21-8-22-25(10)15/h5-6,8,11H,2-4,7H2,1H3. The number of thiazole rings is 1. The maximum Gasteiger partial charge on any atom is 0.433 e. The summed E-state index contributed by atoms with van der Waals surface area (Å²) < 4.78 is 73.6. The number of alkyl halides is 3. The second-order valence-electron chi connectivity index (χ2n) is 6.71. The molecule has 1 fully saturated rings. The van der Waals surface area contributed by atoms with Crippen molar-refractivity contribution < 1.29 is 31.1 Å². The Hall–Kier alpha value is -2.49. The summed E-state index contributed by atoms with van der Waals surface area (Å²) in [5.74, 6) is -0.426. The molecule has 3 aromatic rings. The van der Waals surface area contributed by atoms with Crippen molar-refractivity contribution in [2.75, 3.05) is 19.7 Å². The van der Waals surface area contributed by atoms with Crippen LogP contribution in [0.5, 0.6) is 0 Å². The van der Waals surface area contributed by atoms with Gasteiger partial charge < -0.3 is 4.74 Å². The van der Waals surface area contributed by atoms with Crippen LogP contribution in [0.2, 0.25) is 0 Å². The lowest BCUT2D eigenvalue weighted by Gasteiger charge is -2.32. The van der Waals surface area contributed by atoms with Gasteiger partial charge in [-0.25, -0.2) is 18.4 Å². The summed E-state index contributed by atoms with van der Waals surface area (Å²) in [7, 11) is -3.98. The quantitative estimate of drug-likeness (QED) is 0.543. The second kappa shape index (κ2) is 7.89. The molecule has 1 unspecified atom stereocenters. The molecule has 4 rings (SSSR count). The molecule has 1 aliphatic heterocycles. The van der Waals surface area contributed by atoms with E-state index in [9.17, 15) is 26.4 Å². The third-order valence-electron chi connectivity index (χ3n) is 4.46. The highest BCUT2D eigenvalue weighted by molar-refractivity contribution is 7.91. The highest BCUT2D eigenvalue weighted by Crippen LogP contribution is 2.33. The van der Waals surface area contributed by atoms with Crippen molar-refractivity contribution >= 4 is 32.9 Å². The molecule has 0 spiro atoms. The van der Waals surface area contributed by atoms with Crippen LogP contribution in [0, 0.1) is 0 Å². The Morgan fingerprint density at radius 1 is 1.35 bits per heavy atom. The Morgan fingerprint density at radius 2 is 2.13 bits per heavy atom. The van der Waals surface area contributed by atoms with Gasteiger partial charge in [0.05, 0.1) is 24.9 Å². The van der Waals surface area contributed by atoms with E-state index in [0.717, 1.165) is 32.6 Å². The highest BCUT2D eigenvalue weighted by Gasteiger charge is 2.38. The van der Waals surface area contributed by atoms with Gasteiger partial charge in [-0.05, 0) is 13.0 Å². The zero-order chi connectivity index (χ0) is 22.4. The zero-order valence-corrected chi connectivity index (χ0v) is 17.5. The third-order valence-corrected chi connectivity index (χ3v) is 7.75. The Kier molecular flexibility index (Phi) is 5.53. The van der Waals surface area contributed by atoms with Crippen molar-refractivity contribution in [2.24, 2.45) is 0 Å². The monoisotopic (exact) mass is 476 g/mol. The summed E-state index contributed by atoms with van der Waals surface area (Å²) in [4.78, 5) is 22.4. The first kappa shape index (κ1) is 21.7. The first-order valence-corrected chi connectivity index (χ1v) is 11.1. The first-order valence-electron chi connectivity index (χ1n) is 8.89. The van der Waals surface area contributed by atoms with E-state index in [0.29, 0.717) is 5.01 Å². The van der Waals surface area contributed by atoms with Gasteiger partial charge in [0.15, 0.2) is 4.21 Å². The van der Waals surface area contributed by atoms with Crippen LogP contribution in [0.1, 0.15) is 29.4 Å². The SMILES string of the molecule is CC(=O)Cc1ncc(S(=O)(=O)N2CCOC(c3cc(C(F)(F)F)nc4ncnn34)C2)s1. The number of rotatable bonds is 5. The van der Waals surface area contributed by atoms with Gasteiger partial charge in [0.1, 0.15) is 28.9 Å². The zero-order valence-electron chi connectivity index (χ0n) is 15.9. The molecule has 0 N–H and O–H groups in total. The Labute approximate surface area is 177 Å². The molecule has 0 saturated carbocycles. The smallest absolute Gasteiger partial charge is 0.369 e. The molecule has 1 atom stereocenters. The lowest BCUT2D eigenvalue weighted by atomic mass is 10.2. The van der Waals surface area contributed by atoms with Crippen LogP contribution in [0.25, 0.3) is 5.78 Å². The molecule has 4 heterocycles. The van der Waals surface area contributed by atoms with Crippen molar-refractivity contribution in [1.82, 2.24) is 28.9 Å². The van der Waals surface area contributed by atoms with Crippen molar-refractivity contribution in [1.29, 1.82) is 0 Å². The highest BCUT2D eigenvalue weighted by atomic mass is 32.2. The molecule has 166 valence electrons. The molecule has 0 aromatic carbocycles. The van der Waals surface area contributed by atoms with E-state index in [1.54, 1.807) is 0 Å². The number of morpholine rings is 1. The van der Waals surface area contributed by atoms with Gasteiger partial charge in [-0.3, -0.25) is 4.79 Å². The molecule has 31 heavy (non-hydrogen) atoms. The number of nitrogens with zero attached hydrogens (tertiary/aromatic N) is 6. The van der Waals surface area contributed by atoms with Crippen molar-refractivity contribution in [3.05, 3.63) is 35.0 Å². The van der Waals surface area contributed by atoms with Crippen molar-refractivity contribution in [3.8, 4) is 0 Å². The first-order chi connectivity index (χ1) is 14.6. The number of hydrogen-bond donors (Lipinski definition) is 0. The lowest BCUT2D eigenvalue weighted by molar-refractivity contribution is -0.141. The largest absolute Gasteiger partial charge is 0.433 e. The van der Waals surface area contributed by atoms with Crippen LogP contribution in [0.4, 0.5) is 13.2 Å². The average molecular weight is 476 g/mol. The fourth-order valence-corrected chi connectivity index (χ4v) is 5.90. The molecule has 3 aromatic heterocycles. The maximum atomic E-state index is 13.3. The molecule has 1 saturated heterocycles. The van der Waals surface area contributed by atoms with E-state index in [2.05, 4.69) is 20.1 Å². The number of ether oxygens (including phenoxy) is 1. The Morgan fingerprint density at radius 3 is 2.84 bits per heavy atom. The van der Waals surface area contributed by atoms with Gasteiger partial charge in [-0.15, -0.1) is 11.3 Å². The predicted molar refractivity (Wildman–Crippen MR) is 99.7 cm³/mol. The molecule has 1 aliphatic rings. The number of carbonyl (C=O) groups excluding carboxylic acids is 1. The molecule has 0 aliphatic carbocycles. The predicted octanol–water partition coefficient (Wildman–Crippen LogP) is 1.49. The number of Topliss-reactive ketones (excluding diaryl/α,β-unsaturated/α-hetero) is 1.